The van der Waals surface area contributed by atoms with Crippen molar-refractivity contribution in [3.63, 3.8) is 0 Å². The van der Waals surface area contributed by atoms with Crippen LogP contribution in [0.25, 0.3) is 0 Å². The van der Waals surface area contributed by atoms with Gasteiger partial charge in [-0.05, 0) is 30.9 Å². The number of aromatic nitrogens is 1. The van der Waals surface area contributed by atoms with Crippen molar-refractivity contribution < 1.29 is 13.2 Å². The van der Waals surface area contributed by atoms with Gasteiger partial charge in [0.05, 0.1) is 11.3 Å². The first kappa shape index (κ1) is 17.3. The summed E-state index contributed by atoms with van der Waals surface area (Å²) in [6.45, 7) is 1.95. The summed E-state index contributed by atoms with van der Waals surface area (Å²) in [5.41, 5.74) is 0.918. The Morgan fingerprint density at radius 1 is 1.33 bits per heavy atom. The number of hydrogen-bond acceptors (Lipinski definition) is 5. The van der Waals surface area contributed by atoms with E-state index in [4.69, 9.17) is 0 Å². The number of nitrogens with one attached hydrogen (secondary N) is 2. The molecule has 2 saturated heterocycles. The summed E-state index contributed by atoms with van der Waals surface area (Å²) in [6, 6.07) is 3.25. The van der Waals surface area contributed by atoms with E-state index in [0.29, 0.717) is 32.6 Å². The quantitative estimate of drug-likeness (QED) is 0.792. The van der Waals surface area contributed by atoms with Crippen LogP contribution >= 0.6 is 0 Å². The molecule has 2 aliphatic heterocycles. The summed E-state index contributed by atoms with van der Waals surface area (Å²) in [5, 5.41) is 5.39. The number of sulfonamides is 1. The highest BCUT2D eigenvalue weighted by Crippen LogP contribution is 2.22. The van der Waals surface area contributed by atoms with Crippen molar-refractivity contribution in [2.45, 2.75) is 43.5 Å². The van der Waals surface area contributed by atoms with E-state index in [1.54, 1.807) is 16.7 Å². The number of amides is 1. The SMILES string of the molecule is O=C(NCc1cccnc1)C1CC(S(=O)(=O)N2CCCCC2)CN1. The van der Waals surface area contributed by atoms with Gasteiger partial charge >= 0.3 is 0 Å². The Kier molecular flexibility index (Phi) is 5.47. The maximum absolute atomic E-state index is 12.7. The first-order valence-electron chi connectivity index (χ1n) is 8.46. The molecule has 1 aromatic heterocycles. The van der Waals surface area contributed by atoms with E-state index >= 15 is 0 Å². The standard InChI is InChI=1S/C16H24N4O3S/c21-16(19-11-13-5-4-6-17-10-13)15-9-14(12-18-15)24(22,23)20-7-2-1-3-8-20/h4-6,10,14-15,18H,1-3,7-9,11-12H2,(H,19,21). The summed E-state index contributed by atoms with van der Waals surface area (Å²) in [4.78, 5) is 16.3. The fourth-order valence-electron chi connectivity index (χ4n) is 3.28. The summed E-state index contributed by atoms with van der Waals surface area (Å²) >= 11 is 0. The van der Waals surface area contributed by atoms with Crippen molar-refractivity contribution in [3.05, 3.63) is 30.1 Å². The van der Waals surface area contributed by atoms with Gasteiger partial charge in [-0.1, -0.05) is 12.5 Å². The van der Waals surface area contributed by atoms with Crippen molar-refractivity contribution in [3.8, 4) is 0 Å². The highest BCUT2D eigenvalue weighted by Gasteiger charge is 2.40. The molecule has 1 aromatic rings. The molecule has 0 aromatic carbocycles. The average Bonchev–Trinajstić information content (AvgIpc) is 3.12. The van der Waals surface area contributed by atoms with Gasteiger partial charge in [-0.3, -0.25) is 9.78 Å². The van der Waals surface area contributed by atoms with Crippen LogP contribution in [0, 0.1) is 0 Å². The second kappa shape index (κ2) is 7.58. The van der Waals surface area contributed by atoms with Crippen LogP contribution in [0.5, 0.6) is 0 Å². The largest absolute Gasteiger partial charge is 0.351 e. The van der Waals surface area contributed by atoms with Crippen molar-refractivity contribution in [1.29, 1.82) is 0 Å². The highest BCUT2D eigenvalue weighted by molar-refractivity contribution is 7.89. The summed E-state index contributed by atoms with van der Waals surface area (Å²) in [7, 11) is -3.31. The summed E-state index contributed by atoms with van der Waals surface area (Å²) < 4.78 is 27.0. The van der Waals surface area contributed by atoms with Gasteiger partial charge in [0.2, 0.25) is 15.9 Å². The number of carbonyl (C=O) groups excluding carboxylic acids is 1. The van der Waals surface area contributed by atoms with Crippen LogP contribution in [-0.4, -0.2) is 54.5 Å². The molecule has 8 heteroatoms. The molecule has 2 aliphatic rings. The van der Waals surface area contributed by atoms with Crippen molar-refractivity contribution in [1.82, 2.24) is 19.9 Å². The molecule has 0 aliphatic carbocycles. The van der Waals surface area contributed by atoms with Gasteiger partial charge in [-0.2, -0.15) is 0 Å². The molecule has 0 bridgehead atoms. The van der Waals surface area contributed by atoms with E-state index in [2.05, 4.69) is 15.6 Å². The number of carbonyl (C=O) groups is 1. The Morgan fingerprint density at radius 2 is 2.12 bits per heavy atom. The molecule has 0 spiro atoms. The van der Waals surface area contributed by atoms with Gasteiger partial charge < -0.3 is 10.6 Å². The Balaban J connectivity index is 1.53. The molecular formula is C16H24N4O3S. The topological polar surface area (TPSA) is 91.4 Å². The summed E-state index contributed by atoms with van der Waals surface area (Å²) in [5.74, 6) is -0.157. The highest BCUT2D eigenvalue weighted by atomic mass is 32.2. The minimum absolute atomic E-state index is 0.157. The molecule has 132 valence electrons. The molecule has 0 saturated carbocycles. The normalized spacial score (nSPS) is 25.5. The fourth-order valence-corrected chi connectivity index (χ4v) is 5.21. The molecule has 7 nitrogen and oxygen atoms in total. The Morgan fingerprint density at radius 3 is 2.83 bits per heavy atom. The minimum Gasteiger partial charge on any atom is -0.351 e. The number of nitrogens with zero attached hydrogens (tertiary/aromatic N) is 2. The Hall–Kier alpha value is -1.51. The number of hydrogen-bond donors (Lipinski definition) is 2. The predicted molar refractivity (Wildman–Crippen MR) is 90.6 cm³/mol. The van der Waals surface area contributed by atoms with Gasteiger partial charge in [0.25, 0.3) is 0 Å². The second-order valence-electron chi connectivity index (χ2n) is 6.40. The summed E-state index contributed by atoms with van der Waals surface area (Å²) in [6.07, 6.45) is 6.65. The Bertz CT molecular complexity index is 659. The zero-order chi connectivity index (χ0) is 17.0. The van der Waals surface area contributed by atoms with Crippen LogP contribution in [0.2, 0.25) is 0 Å². The predicted octanol–water partition coefficient (Wildman–Crippen LogP) is 0.244. The van der Waals surface area contributed by atoms with Gasteiger partial charge in [0.15, 0.2) is 0 Å². The fraction of sp³-hybridized carbons (Fsp3) is 0.625. The molecule has 2 fully saturated rings. The zero-order valence-corrected chi connectivity index (χ0v) is 14.5. The van der Waals surface area contributed by atoms with E-state index in [0.717, 1.165) is 24.8 Å². The van der Waals surface area contributed by atoms with Gasteiger partial charge in [0.1, 0.15) is 0 Å². The molecular weight excluding hydrogens is 328 g/mol. The minimum atomic E-state index is -3.31. The number of rotatable bonds is 5. The third-order valence-electron chi connectivity index (χ3n) is 4.69. The molecule has 1 amide bonds. The van der Waals surface area contributed by atoms with Crippen LogP contribution in [0.1, 0.15) is 31.2 Å². The van der Waals surface area contributed by atoms with Gasteiger partial charge in [-0.25, -0.2) is 12.7 Å². The first-order valence-corrected chi connectivity index (χ1v) is 9.96. The van der Waals surface area contributed by atoms with E-state index < -0.39 is 21.3 Å². The third kappa shape index (κ3) is 3.93. The molecule has 2 atom stereocenters. The van der Waals surface area contributed by atoms with Crippen LogP contribution in [0.4, 0.5) is 0 Å². The third-order valence-corrected chi connectivity index (χ3v) is 6.98. The molecule has 2 unspecified atom stereocenters. The van der Waals surface area contributed by atoms with Crippen molar-refractivity contribution in [2.75, 3.05) is 19.6 Å². The maximum atomic E-state index is 12.7. The van der Waals surface area contributed by atoms with E-state index in [-0.39, 0.29) is 5.91 Å². The van der Waals surface area contributed by atoms with Crippen molar-refractivity contribution in [2.24, 2.45) is 0 Å². The van der Waals surface area contributed by atoms with Gasteiger partial charge in [0, 0.05) is 38.6 Å². The second-order valence-corrected chi connectivity index (χ2v) is 8.62. The lowest BCUT2D eigenvalue weighted by atomic mass is 10.2. The van der Waals surface area contributed by atoms with E-state index in [1.165, 1.54) is 0 Å². The lowest BCUT2D eigenvalue weighted by Crippen LogP contribution is -2.42. The Labute approximate surface area is 142 Å². The lowest BCUT2D eigenvalue weighted by Gasteiger charge is -2.28. The van der Waals surface area contributed by atoms with E-state index in [9.17, 15) is 13.2 Å². The van der Waals surface area contributed by atoms with E-state index in [1.807, 2.05) is 12.1 Å². The van der Waals surface area contributed by atoms with Crippen LogP contribution < -0.4 is 10.6 Å². The number of piperidine rings is 1. The lowest BCUT2D eigenvalue weighted by molar-refractivity contribution is -0.122. The monoisotopic (exact) mass is 352 g/mol. The molecule has 0 radical (unpaired) electrons. The molecule has 3 heterocycles. The smallest absolute Gasteiger partial charge is 0.237 e. The average molecular weight is 352 g/mol. The van der Waals surface area contributed by atoms with Crippen LogP contribution in [-0.2, 0) is 21.4 Å². The molecule has 2 N–H and O–H groups in total. The van der Waals surface area contributed by atoms with Crippen LogP contribution in [0.3, 0.4) is 0 Å². The zero-order valence-electron chi connectivity index (χ0n) is 13.6. The molecule has 24 heavy (non-hydrogen) atoms. The number of pyridine rings is 1. The molecule has 3 rings (SSSR count). The van der Waals surface area contributed by atoms with Crippen LogP contribution in [0.15, 0.2) is 24.5 Å². The van der Waals surface area contributed by atoms with Gasteiger partial charge in [-0.15, -0.1) is 0 Å². The maximum Gasteiger partial charge on any atom is 0.237 e. The van der Waals surface area contributed by atoms with Crippen molar-refractivity contribution >= 4 is 15.9 Å². The first-order chi connectivity index (χ1) is 11.6.